The number of hydrogen-bond acceptors (Lipinski definition) is 3. The average molecular weight is 236 g/mol. The predicted octanol–water partition coefficient (Wildman–Crippen LogP) is 2.42. The van der Waals surface area contributed by atoms with Crippen molar-refractivity contribution in [2.45, 2.75) is 32.2 Å². The maximum absolute atomic E-state index is 8.72. The highest BCUT2D eigenvalue weighted by Crippen LogP contribution is 2.20. The Morgan fingerprint density at radius 1 is 1.29 bits per heavy atom. The third-order valence-electron chi connectivity index (χ3n) is 3.22. The minimum absolute atomic E-state index is 0.300. The number of benzene rings is 1. The van der Waals surface area contributed by atoms with Gasteiger partial charge in [0, 0.05) is 18.3 Å². The normalized spacial score (nSPS) is 12.9. The lowest BCUT2D eigenvalue weighted by Gasteiger charge is -2.25. The molecule has 96 valence electrons. The lowest BCUT2D eigenvalue weighted by Crippen LogP contribution is -2.23. The summed E-state index contributed by atoms with van der Waals surface area (Å²) >= 11 is 0. The zero-order valence-electron chi connectivity index (χ0n) is 10.9. The summed E-state index contributed by atoms with van der Waals surface area (Å²) in [5, 5.41) is 8.72. The molecule has 1 unspecified atom stereocenters. The molecule has 0 saturated carbocycles. The van der Waals surface area contributed by atoms with E-state index in [1.165, 1.54) is 5.56 Å². The molecule has 0 spiro atoms. The largest absolute Gasteiger partial charge is 0.399 e. The Labute approximate surface area is 104 Å². The second-order valence-corrected chi connectivity index (χ2v) is 4.61. The van der Waals surface area contributed by atoms with E-state index in [0.717, 1.165) is 31.5 Å². The number of nitrogens with zero attached hydrogens (tertiary/aromatic N) is 1. The van der Waals surface area contributed by atoms with E-state index in [2.05, 4.69) is 24.9 Å². The van der Waals surface area contributed by atoms with Gasteiger partial charge in [-0.2, -0.15) is 0 Å². The van der Waals surface area contributed by atoms with Gasteiger partial charge in [0.1, 0.15) is 0 Å². The molecule has 0 saturated heterocycles. The van der Waals surface area contributed by atoms with Crippen LogP contribution in [0.15, 0.2) is 24.3 Å². The summed E-state index contributed by atoms with van der Waals surface area (Å²) in [5.41, 5.74) is 7.87. The summed E-state index contributed by atoms with van der Waals surface area (Å²) in [6.45, 7) is 3.55. The van der Waals surface area contributed by atoms with Gasteiger partial charge in [0.05, 0.1) is 0 Å². The summed E-state index contributed by atoms with van der Waals surface area (Å²) in [4.78, 5) is 2.33. The predicted molar refractivity (Wildman–Crippen MR) is 72.8 cm³/mol. The fraction of sp³-hybridized carbons (Fsp3) is 0.571. The molecule has 0 amide bonds. The van der Waals surface area contributed by atoms with Gasteiger partial charge >= 0.3 is 0 Å². The molecule has 3 N–H and O–H groups in total. The molecule has 3 heteroatoms. The van der Waals surface area contributed by atoms with Crippen LogP contribution in [-0.2, 0) is 0 Å². The minimum atomic E-state index is 0.300. The SMILES string of the molecule is CC(c1cccc(N)c1)N(C)CCCCCO. The highest BCUT2D eigenvalue weighted by Gasteiger charge is 2.10. The Hall–Kier alpha value is -1.06. The molecule has 0 heterocycles. The molecule has 1 rings (SSSR count). The Kier molecular flexibility index (Phi) is 6.01. The Morgan fingerprint density at radius 2 is 2.06 bits per heavy atom. The van der Waals surface area contributed by atoms with E-state index in [0.29, 0.717) is 12.6 Å². The Balaban J connectivity index is 2.43. The van der Waals surface area contributed by atoms with Crippen molar-refractivity contribution in [1.82, 2.24) is 4.90 Å². The number of anilines is 1. The van der Waals surface area contributed by atoms with Crippen molar-refractivity contribution in [1.29, 1.82) is 0 Å². The summed E-state index contributed by atoms with van der Waals surface area (Å²) in [5.74, 6) is 0. The molecular formula is C14H24N2O. The molecule has 0 radical (unpaired) electrons. The van der Waals surface area contributed by atoms with Gasteiger partial charge < -0.3 is 10.8 Å². The summed E-state index contributed by atoms with van der Waals surface area (Å²) in [6.07, 6.45) is 3.12. The topological polar surface area (TPSA) is 49.5 Å². The van der Waals surface area contributed by atoms with Crippen molar-refractivity contribution in [3.63, 3.8) is 0 Å². The molecule has 0 aliphatic carbocycles. The molecule has 1 aromatic rings. The first-order valence-electron chi connectivity index (χ1n) is 6.31. The number of hydrogen-bond donors (Lipinski definition) is 2. The summed E-state index contributed by atoms with van der Waals surface area (Å²) in [6, 6.07) is 8.45. The van der Waals surface area contributed by atoms with Crippen LogP contribution in [0.4, 0.5) is 5.69 Å². The Morgan fingerprint density at radius 3 is 2.71 bits per heavy atom. The van der Waals surface area contributed by atoms with E-state index >= 15 is 0 Å². The molecule has 0 aromatic heterocycles. The first-order valence-corrected chi connectivity index (χ1v) is 6.31. The standard InChI is InChI=1S/C14H24N2O/c1-12(13-7-6-8-14(15)11-13)16(2)9-4-3-5-10-17/h6-8,11-12,17H,3-5,9-10,15H2,1-2H3. The van der Waals surface area contributed by atoms with E-state index in [1.807, 2.05) is 18.2 Å². The zero-order chi connectivity index (χ0) is 12.7. The number of nitrogen functional groups attached to an aromatic ring is 1. The number of nitrogens with two attached hydrogens (primary N) is 1. The lowest BCUT2D eigenvalue weighted by molar-refractivity contribution is 0.244. The van der Waals surface area contributed by atoms with Gasteiger partial charge in [-0.1, -0.05) is 12.1 Å². The van der Waals surface area contributed by atoms with Crippen LogP contribution < -0.4 is 5.73 Å². The van der Waals surface area contributed by atoms with Crippen LogP contribution in [0.5, 0.6) is 0 Å². The highest BCUT2D eigenvalue weighted by molar-refractivity contribution is 5.41. The van der Waals surface area contributed by atoms with Gasteiger partial charge in [-0.3, -0.25) is 4.90 Å². The summed E-state index contributed by atoms with van der Waals surface area (Å²) in [7, 11) is 2.13. The van der Waals surface area contributed by atoms with Gasteiger partial charge in [-0.05, 0) is 57.5 Å². The van der Waals surface area contributed by atoms with Crippen molar-refractivity contribution in [3.05, 3.63) is 29.8 Å². The van der Waals surface area contributed by atoms with E-state index in [1.54, 1.807) is 0 Å². The van der Waals surface area contributed by atoms with Crippen molar-refractivity contribution in [3.8, 4) is 0 Å². The van der Waals surface area contributed by atoms with Crippen molar-refractivity contribution >= 4 is 5.69 Å². The fourth-order valence-corrected chi connectivity index (χ4v) is 1.92. The number of rotatable bonds is 7. The monoisotopic (exact) mass is 236 g/mol. The van der Waals surface area contributed by atoms with Crippen LogP contribution in [0.3, 0.4) is 0 Å². The quantitative estimate of drug-likeness (QED) is 0.564. The van der Waals surface area contributed by atoms with Gasteiger partial charge in [0.25, 0.3) is 0 Å². The minimum Gasteiger partial charge on any atom is -0.399 e. The van der Waals surface area contributed by atoms with Crippen LogP contribution in [-0.4, -0.2) is 30.2 Å². The average Bonchev–Trinajstić information content (AvgIpc) is 2.33. The maximum atomic E-state index is 8.72. The first kappa shape index (κ1) is 14.0. The van der Waals surface area contributed by atoms with Crippen LogP contribution in [0, 0.1) is 0 Å². The molecule has 0 fully saturated rings. The molecule has 0 aliphatic heterocycles. The van der Waals surface area contributed by atoms with Gasteiger partial charge in [0.15, 0.2) is 0 Å². The number of aliphatic hydroxyl groups is 1. The molecule has 3 nitrogen and oxygen atoms in total. The van der Waals surface area contributed by atoms with Crippen molar-refractivity contribution in [2.75, 3.05) is 25.9 Å². The second kappa shape index (κ2) is 7.30. The van der Waals surface area contributed by atoms with E-state index < -0.39 is 0 Å². The van der Waals surface area contributed by atoms with Crippen LogP contribution >= 0.6 is 0 Å². The van der Waals surface area contributed by atoms with E-state index in [4.69, 9.17) is 10.8 Å². The van der Waals surface area contributed by atoms with Gasteiger partial charge in [-0.25, -0.2) is 0 Å². The summed E-state index contributed by atoms with van der Waals surface area (Å²) < 4.78 is 0. The maximum Gasteiger partial charge on any atom is 0.0431 e. The van der Waals surface area contributed by atoms with Crippen LogP contribution in [0.2, 0.25) is 0 Å². The third kappa shape index (κ3) is 4.75. The highest BCUT2D eigenvalue weighted by atomic mass is 16.2. The van der Waals surface area contributed by atoms with E-state index in [-0.39, 0.29) is 0 Å². The first-order chi connectivity index (χ1) is 8.15. The van der Waals surface area contributed by atoms with Crippen molar-refractivity contribution < 1.29 is 5.11 Å². The molecule has 17 heavy (non-hydrogen) atoms. The molecule has 1 atom stereocenters. The van der Waals surface area contributed by atoms with Crippen LogP contribution in [0.1, 0.15) is 37.8 Å². The van der Waals surface area contributed by atoms with E-state index in [9.17, 15) is 0 Å². The zero-order valence-corrected chi connectivity index (χ0v) is 10.9. The van der Waals surface area contributed by atoms with Crippen LogP contribution in [0.25, 0.3) is 0 Å². The lowest BCUT2D eigenvalue weighted by atomic mass is 10.1. The van der Waals surface area contributed by atoms with Gasteiger partial charge in [-0.15, -0.1) is 0 Å². The second-order valence-electron chi connectivity index (χ2n) is 4.61. The fourth-order valence-electron chi connectivity index (χ4n) is 1.92. The Bertz CT molecular complexity index is 328. The number of unbranched alkanes of at least 4 members (excludes halogenated alkanes) is 2. The molecule has 0 aliphatic rings. The third-order valence-corrected chi connectivity index (χ3v) is 3.22. The molecular weight excluding hydrogens is 212 g/mol. The van der Waals surface area contributed by atoms with Gasteiger partial charge in [0.2, 0.25) is 0 Å². The van der Waals surface area contributed by atoms with Crippen molar-refractivity contribution in [2.24, 2.45) is 0 Å². The number of aliphatic hydroxyl groups excluding tert-OH is 1. The smallest absolute Gasteiger partial charge is 0.0431 e. The molecule has 0 bridgehead atoms. The molecule has 1 aromatic carbocycles.